The lowest BCUT2D eigenvalue weighted by atomic mass is 9.93. The van der Waals surface area contributed by atoms with Gasteiger partial charge in [0.15, 0.2) is 5.84 Å². The Morgan fingerprint density at radius 2 is 1.65 bits per heavy atom. The smallest absolute Gasteiger partial charge is 0.152 e. The summed E-state index contributed by atoms with van der Waals surface area (Å²) >= 11 is 0. The molecule has 0 aliphatic heterocycles. The van der Waals surface area contributed by atoms with Crippen LogP contribution < -0.4 is 16.9 Å². The molecule has 5 heteroatoms. The Morgan fingerprint density at radius 1 is 0.968 bits per heavy atom. The molecule has 154 valence electrons. The van der Waals surface area contributed by atoms with Gasteiger partial charge in [-0.1, -0.05) is 54.6 Å². The predicted molar refractivity (Wildman–Crippen MR) is 128 cm³/mol. The van der Waals surface area contributed by atoms with Gasteiger partial charge in [-0.2, -0.15) is 5.10 Å². The number of hydrazone groups is 1. The van der Waals surface area contributed by atoms with Gasteiger partial charge in [-0.15, -0.1) is 0 Å². The van der Waals surface area contributed by atoms with Crippen LogP contribution in [0.1, 0.15) is 22.4 Å². The van der Waals surface area contributed by atoms with Crippen molar-refractivity contribution in [3.05, 3.63) is 95.2 Å². The van der Waals surface area contributed by atoms with Gasteiger partial charge in [0.2, 0.25) is 0 Å². The maximum Gasteiger partial charge on any atom is 0.152 e. The second kappa shape index (κ2) is 7.76. The number of aromatic nitrogens is 1. The average molecular weight is 408 g/mol. The summed E-state index contributed by atoms with van der Waals surface area (Å²) in [7, 11) is 0. The molecule has 0 spiro atoms. The molecule has 0 bridgehead atoms. The van der Waals surface area contributed by atoms with Gasteiger partial charge in [0.1, 0.15) is 0 Å². The van der Waals surface area contributed by atoms with E-state index >= 15 is 0 Å². The van der Waals surface area contributed by atoms with Crippen molar-refractivity contribution >= 4 is 22.4 Å². The molecule has 3 aromatic carbocycles. The number of nitrogens with zero attached hydrogens (tertiary/aromatic N) is 2. The van der Waals surface area contributed by atoms with Crippen molar-refractivity contribution in [2.45, 2.75) is 25.8 Å². The lowest BCUT2D eigenvalue weighted by Gasteiger charge is -2.18. The van der Waals surface area contributed by atoms with E-state index in [2.05, 4.69) is 65.0 Å². The summed E-state index contributed by atoms with van der Waals surface area (Å²) in [6, 6.07) is 25.6. The van der Waals surface area contributed by atoms with Crippen molar-refractivity contribution < 1.29 is 0 Å². The highest BCUT2D eigenvalue weighted by Crippen LogP contribution is 2.35. The summed E-state index contributed by atoms with van der Waals surface area (Å²) in [6.45, 7) is 1.95. The Kier molecular flexibility index (Phi) is 4.79. The molecule has 1 aliphatic carbocycles. The third kappa shape index (κ3) is 3.48. The van der Waals surface area contributed by atoms with Gasteiger partial charge in [-0.3, -0.25) is 4.98 Å². The summed E-state index contributed by atoms with van der Waals surface area (Å²) in [5.41, 5.74) is 14.7. The molecule has 5 rings (SSSR count). The number of rotatable bonds is 4. The molecule has 0 radical (unpaired) electrons. The van der Waals surface area contributed by atoms with Crippen LogP contribution in [0.2, 0.25) is 0 Å². The topological polar surface area (TPSA) is 89.3 Å². The monoisotopic (exact) mass is 407 g/mol. The molecule has 31 heavy (non-hydrogen) atoms. The molecule has 1 aliphatic rings. The van der Waals surface area contributed by atoms with Crippen LogP contribution in [-0.4, -0.2) is 16.9 Å². The van der Waals surface area contributed by atoms with Gasteiger partial charge in [-0.25, -0.2) is 0 Å². The number of anilines is 1. The SMILES string of the molecule is Cc1nc2ccc(NC3Cc4ccccc4C3)cc2c(-c2ccccc2)c1/C(N)=N/N. The third-order valence-electron chi connectivity index (χ3n) is 6.05. The van der Waals surface area contributed by atoms with Gasteiger partial charge < -0.3 is 16.9 Å². The Hall–Kier alpha value is -3.86. The minimum atomic E-state index is 0.287. The summed E-state index contributed by atoms with van der Waals surface area (Å²) in [5.74, 6) is 5.85. The van der Waals surface area contributed by atoms with Crippen LogP contribution in [-0.2, 0) is 12.8 Å². The maximum atomic E-state index is 6.21. The normalized spacial score (nSPS) is 14.0. The number of hydrogen-bond donors (Lipinski definition) is 3. The number of nitrogens with two attached hydrogens (primary N) is 2. The van der Waals surface area contributed by atoms with E-state index in [1.54, 1.807) is 0 Å². The molecule has 0 unspecified atom stereocenters. The van der Waals surface area contributed by atoms with E-state index in [0.29, 0.717) is 6.04 Å². The van der Waals surface area contributed by atoms with Crippen LogP contribution in [0.4, 0.5) is 5.69 Å². The maximum absolute atomic E-state index is 6.21. The van der Waals surface area contributed by atoms with E-state index in [0.717, 1.165) is 51.8 Å². The first-order valence-electron chi connectivity index (χ1n) is 10.5. The summed E-state index contributed by atoms with van der Waals surface area (Å²) < 4.78 is 0. The lowest BCUT2D eigenvalue weighted by molar-refractivity contribution is 0.774. The highest BCUT2D eigenvalue weighted by atomic mass is 15.2. The number of nitrogens with one attached hydrogen (secondary N) is 1. The summed E-state index contributed by atoms with van der Waals surface area (Å²) in [6.07, 6.45) is 2.06. The lowest BCUT2D eigenvalue weighted by Crippen LogP contribution is -2.20. The molecular formula is C26H25N5. The number of aryl methyl sites for hydroxylation is 1. The number of amidine groups is 1. The minimum absolute atomic E-state index is 0.287. The van der Waals surface area contributed by atoms with Gasteiger partial charge in [-0.05, 0) is 54.7 Å². The molecular weight excluding hydrogens is 382 g/mol. The first kappa shape index (κ1) is 19.1. The Bertz CT molecular complexity index is 1270. The van der Waals surface area contributed by atoms with Crippen molar-refractivity contribution in [2.75, 3.05) is 5.32 Å². The Balaban J connectivity index is 1.61. The second-order valence-electron chi connectivity index (χ2n) is 8.08. The van der Waals surface area contributed by atoms with E-state index < -0.39 is 0 Å². The average Bonchev–Trinajstić information content (AvgIpc) is 3.21. The molecule has 1 aromatic heterocycles. The number of benzene rings is 3. The minimum Gasteiger partial charge on any atom is -0.382 e. The quantitative estimate of drug-likeness (QED) is 0.203. The fourth-order valence-electron chi connectivity index (χ4n) is 4.65. The highest BCUT2D eigenvalue weighted by molar-refractivity contribution is 6.11. The van der Waals surface area contributed by atoms with Gasteiger partial charge in [0, 0.05) is 33.9 Å². The zero-order valence-corrected chi connectivity index (χ0v) is 17.5. The zero-order valence-electron chi connectivity index (χ0n) is 17.5. The van der Waals surface area contributed by atoms with E-state index in [4.69, 9.17) is 16.6 Å². The molecule has 1 heterocycles. The molecule has 0 atom stereocenters. The van der Waals surface area contributed by atoms with Crippen LogP contribution in [0.5, 0.6) is 0 Å². The van der Waals surface area contributed by atoms with Crippen LogP contribution in [0.15, 0.2) is 77.9 Å². The molecule has 0 fully saturated rings. The van der Waals surface area contributed by atoms with Gasteiger partial charge >= 0.3 is 0 Å². The van der Waals surface area contributed by atoms with Crippen LogP contribution in [0, 0.1) is 6.92 Å². The van der Waals surface area contributed by atoms with Crippen molar-refractivity contribution in [3.63, 3.8) is 0 Å². The first-order valence-corrected chi connectivity index (χ1v) is 10.5. The number of pyridine rings is 1. The molecule has 4 aromatic rings. The largest absolute Gasteiger partial charge is 0.382 e. The molecule has 0 amide bonds. The Labute approximate surface area is 181 Å². The van der Waals surface area contributed by atoms with Crippen LogP contribution in [0.3, 0.4) is 0 Å². The highest BCUT2D eigenvalue weighted by Gasteiger charge is 2.22. The summed E-state index contributed by atoms with van der Waals surface area (Å²) in [5, 5.41) is 8.53. The molecule has 0 saturated carbocycles. The van der Waals surface area contributed by atoms with Gasteiger partial charge in [0.05, 0.1) is 5.52 Å². The third-order valence-corrected chi connectivity index (χ3v) is 6.05. The van der Waals surface area contributed by atoms with E-state index in [-0.39, 0.29) is 5.84 Å². The number of fused-ring (bicyclic) bond motifs is 2. The van der Waals surface area contributed by atoms with E-state index in [9.17, 15) is 0 Å². The van der Waals surface area contributed by atoms with Crippen molar-refractivity contribution in [1.29, 1.82) is 0 Å². The number of hydrogen-bond acceptors (Lipinski definition) is 4. The van der Waals surface area contributed by atoms with Crippen molar-refractivity contribution in [2.24, 2.45) is 16.7 Å². The van der Waals surface area contributed by atoms with Gasteiger partial charge in [0.25, 0.3) is 0 Å². The van der Waals surface area contributed by atoms with Crippen LogP contribution in [0.25, 0.3) is 22.0 Å². The Morgan fingerprint density at radius 3 is 2.32 bits per heavy atom. The standard InChI is InChI=1S/C26H25N5/c1-16-24(26(27)31-28)25(17-7-3-2-4-8-17)22-15-20(11-12-23(22)29-16)30-21-13-18-9-5-6-10-19(18)14-21/h2-12,15,21,30H,13-14,28H2,1H3,(H2,27,31). The van der Waals surface area contributed by atoms with E-state index in [1.165, 1.54) is 11.1 Å². The molecule has 5 N–H and O–H groups in total. The van der Waals surface area contributed by atoms with Crippen molar-refractivity contribution in [3.8, 4) is 11.1 Å². The first-order chi connectivity index (χ1) is 15.1. The summed E-state index contributed by atoms with van der Waals surface area (Å²) in [4.78, 5) is 4.79. The van der Waals surface area contributed by atoms with Crippen LogP contribution >= 0.6 is 0 Å². The van der Waals surface area contributed by atoms with E-state index in [1.807, 2.05) is 25.1 Å². The zero-order chi connectivity index (χ0) is 21.4. The second-order valence-corrected chi connectivity index (χ2v) is 8.08. The van der Waals surface area contributed by atoms with Crippen molar-refractivity contribution in [1.82, 2.24) is 4.98 Å². The molecule has 0 saturated heterocycles. The fourth-order valence-corrected chi connectivity index (χ4v) is 4.65. The predicted octanol–water partition coefficient (Wildman–Crippen LogP) is 4.37. The fraction of sp³-hybridized carbons (Fsp3) is 0.154. The molecule has 5 nitrogen and oxygen atoms in total.